The lowest BCUT2D eigenvalue weighted by molar-refractivity contribution is -0.121. The van der Waals surface area contributed by atoms with Gasteiger partial charge in [-0.25, -0.2) is 8.42 Å². The van der Waals surface area contributed by atoms with Crippen LogP contribution in [0.5, 0.6) is 0 Å². The van der Waals surface area contributed by atoms with Gasteiger partial charge in [-0.05, 0) is 25.0 Å². The maximum atomic E-state index is 11.7. The maximum Gasteiger partial charge on any atom is 0.220 e. The number of sulfone groups is 1. The minimum atomic E-state index is -3.07. The number of allylic oxidation sites excluding steroid dienone is 1. The van der Waals surface area contributed by atoms with Crippen LogP contribution in [0.25, 0.3) is 0 Å². The molecule has 1 aromatic heterocycles. The molecule has 1 aliphatic rings. The number of hydrogen-bond acceptors (Lipinski definition) is 4. The molecule has 20 heavy (non-hydrogen) atoms. The predicted octanol–water partition coefficient (Wildman–Crippen LogP) is 1.08. The fraction of sp³-hybridized carbons (Fsp3) is 0.429. The van der Waals surface area contributed by atoms with Crippen LogP contribution in [0.3, 0.4) is 0 Å². The highest BCUT2D eigenvalue weighted by atomic mass is 32.2. The molecule has 5 nitrogen and oxygen atoms in total. The van der Waals surface area contributed by atoms with Crippen LogP contribution < -0.4 is 5.32 Å². The van der Waals surface area contributed by atoms with E-state index in [0.29, 0.717) is 6.54 Å². The van der Waals surface area contributed by atoms with Crippen LogP contribution in [0.4, 0.5) is 0 Å². The summed E-state index contributed by atoms with van der Waals surface area (Å²) in [6.07, 6.45) is 5.23. The van der Waals surface area contributed by atoms with Gasteiger partial charge in [0.25, 0.3) is 0 Å². The molecule has 0 saturated heterocycles. The Balaban J connectivity index is 1.63. The van der Waals surface area contributed by atoms with E-state index in [2.05, 4.69) is 10.3 Å². The second-order valence-electron chi connectivity index (χ2n) is 4.90. The van der Waals surface area contributed by atoms with Crippen LogP contribution >= 0.6 is 0 Å². The molecule has 0 bridgehead atoms. The third kappa shape index (κ3) is 4.77. The van der Waals surface area contributed by atoms with Crippen molar-refractivity contribution < 1.29 is 13.2 Å². The summed E-state index contributed by atoms with van der Waals surface area (Å²) < 4.78 is 22.4. The predicted molar refractivity (Wildman–Crippen MR) is 76.6 cm³/mol. The molecular formula is C14H18N2O3S. The van der Waals surface area contributed by atoms with E-state index in [0.717, 1.165) is 18.5 Å². The average molecular weight is 294 g/mol. The SMILES string of the molecule is O=C(CC1C=CS(=O)(=O)C1)NCCCc1ccccn1. The first-order valence-corrected chi connectivity index (χ1v) is 8.34. The van der Waals surface area contributed by atoms with E-state index in [1.165, 1.54) is 5.41 Å². The number of aryl methyl sites for hydroxylation is 1. The number of pyridine rings is 1. The maximum absolute atomic E-state index is 11.7. The summed E-state index contributed by atoms with van der Waals surface area (Å²) in [6.45, 7) is 0.582. The van der Waals surface area contributed by atoms with Crippen molar-refractivity contribution in [2.24, 2.45) is 5.92 Å². The summed E-state index contributed by atoms with van der Waals surface area (Å²) in [5.74, 6) is -0.234. The van der Waals surface area contributed by atoms with Gasteiger partial charge in [-0.15, -0.1) is 0 Å². The molecule has 108 valence electrons. The number of nitrogens with zero attached hydrogens (tertiary/aromatic N) is 1. The monoisotopic (exact) mass is 294 g/mol. The smallest absolute Gasteiger partial charge is 0.220 e. The summed E-state index contributed by atoms with van der Waals surface area (Å²) in [6, 6.07) is 5.76. The summed E-state index contributed by atoms with van der Waals surface area (Å²) in [4.78, 5) is 15.9. The second kappa shape index (κ2) is 6.65. The quantitative estimate of drug-likeness (QED) is 0.797. The Morgan fingerprint density at radius 3 is 2.90 bits per heavy atom. The summed E-state index contributed by atoms with van der Waals surface area (Å²) in [7, 11) is -3.07. The van der Waals surface area contributed by atoms with E-state index in [1.807, 2.05) is 18.2 Å². The van der Waals surface area contributed by atoms with Crippen LogP contribution in [0, 0.1) is 5.92 Å². The lowest BCUT2D eigenvalue weighted by Crippen LogP contribution is -2.27. The number of carbonyl (C=O) groups is 1. The van der Waals surface area contributed by atoms with E-state index in [-0.39, 0.29) is 24.0 Å². The lowest BCUT2D eigenvalue weighted by atomic mass is 10.1. The number of hydrogen-bond donors (Lipinski definition) is 1. The van der Waals surface area contributed by atoms with Gasteiger partial charge in [0.2, 0.25) is 5.91 Å². The first-order valence-electron chi connectivity index (χ1n) is 6.63. The van der Waals surface area contributed by atoms with Crippen LogP contribution in [-0.2, 0) is 21.1 Å². The molecule has 6 heteroatoms. The Labute approximate surface area is 119 Å². The van der Waals surface area contributed by atoms with Crippen molar-refractivity contribution >= 4 is 15.7 Å². The zero-order valence-electron chi connectivity index (χ0n) is 11.2. The largest absolute Gasteiger partial charge is 0.356 e. The standard InChI is InChI=1S/C14H18N2O3S/c17-14(10-12-6-9-20(18,19)11-12)16-8-3-5-13-4-1-2-7-15-13/h1-2,4,6-7,9,12H,3,5,8,10-11H2,(H,16,17). The third-order valence-electron chi connectivity index (χ3n) is 3.11. The zero-order chi connectivity index (χ0) is 14.4. The fourth-order valence-electron chi connectivity index (χ4n) is 2.12. The van der Waals surface area contributed by atoms with Gasteiger partial charge >= 0.3 is 0 Å². The van der Waals surface area contributed by atoms with Gasteiger partial charge in [0.15, 0.2) is 9.84 Å². The summed E-state index contributed by atoms with van der Waals surface area (Å²) in [5, 5.41) is 4.01. The Bertz CT molecular complexity index is 582. The van der Waals surface area contributed by atoms with Gasteiger partial charge in [-0.2, -0.15) is 0 Å². The summed E-state index contributed by atoms with van der Waals surface area (Å²) >= 11 is 0. The van der Waals surface area contributed by atoms with Crippen LogP contribution in [-0.4, -0.2) is 31.6 Å². The molecule has 0 radical (unpaired) electrons. The van der Waals surface area contributed by atoms with Crippen molar-refractivity contribution in [3.63, 3.8) is 0 Å². The molecule has 1 N–H and O–H groups in total. The molecule has 1 unspecified atom stereocenters. The van der Waals surface area contributed by atoms with Crippen molar-refractivity contribution in [3.05, 3.63) is 41.6 Å². The van der Waals surface area contributed by atoms with E-state index in [9.17, 15) is 13.2 Å². The summed E-state index contributed by atoms with van der Waals surface area (Å²) in [5.41, 5.74) is 1.01. The molecule has 0 fully saturated rings. The first-order chi connectivity index (χ1) is 9.55. The average Bonchev–Trinajstić information content (AvgIpc) is 2.75. The zero-order valence-corrected chi connectivity index (χ0v) is 12.0. The van der Waals surface area contributed by atoms with Gasteiger partial charge in [0.1, 0.15) is 0 Å². The Morgan fingerprint density at radius 2 is 2.25 bits per heavy atom. The third-order valence-corrected chi connectivity index (χ3v) is 4.57. The molecule has 2 rings (SSSR count). The van der Waals surface area contributed by atoms with Crippen molar-refractivity contribution in [2.45, 2.75) is 19.3 Å². The number of amides is 1. The van der Waals surface area contributed by atoms with E-state index < -0.39 is 9.84 Å². The van der Waals surface area contributed by atoms with Crippen molar-refractivity contribution in [1.82, 2.24) is 10.3 Å². The van der Waals surface area contributed by atoms with E-state index >= 15 is 0 Å². The van der Waals surface area contributed by atoms with E-state index in [4.69, 9.17) is 0 Å². The van der Waals surface area contributed by atoms with Gasteiger partial charge in [-0.1, -0.05) is 12.1 Å². The topological polar surface area (TPSA) is 76.1 Å². The Morgan fingerprint density at radius 1 is 1.40 bits per heavy atom. The molecule has 0 aliphatic carbocycles. The highest BCUT2D eigenvalue weighted by Gasteiger charge is 2.23. The number of carbonyl (C=O) groups excluding carboxylic acids is 1. The van der Waals surface area contributed by atoms with Crippen molar-refractivity contribution in [1.29, 1.82) is 0 Å². The molecule has 1 aromatic rings. The fourth-order valence-corrected chi connectivity index (χ4v) is 3.52. The minimum absolute atomic E-state index is 0.0500. The molecule has 1 aliphatic heterocycles. The number of rotatable bonds is 6. The lowest BCUT2D eigenvalue weighted by Gasteiger charge is -2.08. The highest BCUT2D eigenvalue weighted by molar-refractivity contribution is 7.94. The second-order valence-corrected chi connectivity index (χ2v) is 6.83. The van der Waals surface area contributed by atoms with E-state index in [1.54, 1.807) is 12.3 Å². The highest BCUT2D eigenvalue weighted by Crippen LogP contribution is 2.17. The van der Waals surface area contributed by atoms with Crippen LogP contribution in [0.2, 0.25) is 0 Å². The Hall–Kier alpha value is -1.69. The molecule has 1 atom stereocenters. The molecule has 0 saturated carbocycles. The van der Waals surface area contributed by atoms with Crippen molar-refractivity contribution in [3.8, 4) is 0 Å². The molecule has 0 spiro atoms. The van der Waals surface area contributed by atoms with Gasteiger partial charge in [-0.3, -0.25) is 9.78 Å². The Kier molecular flexibility index (Phi) is 4.89. The number of aromatic nitrogens is 1. The first kappa shape index (κ1) is 14.7. The molecule has 1 amide bonds. The normalized spacial score (nSPS) is 19.9. The minimum Gasteiger partial charge on any atom is -0.356 e. The van der Waals surface area contributed by atoms with Crippen molar-refractivity contribution in [2.75, 3.05) is 12.3 Å². The van der Waals surface area contributed by atoms with Gasteiger partial charge in [0.05, 0.1) is 5.75 Å². The molecule has 2 heterocycles. The van der Waals surface area contributed by atoms with Gasteiger partial charge < -0.3 is 5.32 Å². The van der Waals surface area contributed by atoms with Crippen LogP contribution in [0.15, 0.2) is 35.9 Å². The van der Waals surface area contributed by atoms with Gasteiger partial charge in [0, 0.05) is 36.2 Å². The molecular weight excluding hydrogens is 276 g/mol. The number of nitrogens with one attached hydrogen (secondary N) is 1. The molecule has 0 aromatic carbocycles. The van der Waals surface area contributed by atoms with Crippen LogP contribution in [0.1, 0.15) is 18.5 Å².